The molecule has 1 heterocycles. The summed E-state index contributed by atoms with van der Waals surface area (Å²) in [6.07, 6.45) is -0.0870. The molecule has 0 aromatic rings. The van der Waals surface area contributed by atoms with Crippen LogP contribution in [0.3, 0.4) is 0 Å². The number of nitrogens with zero attached hydrogens (tertiary/aromatic N) is 1. The van der Waals surface area contributed by atoms with Crippen LogP contribution in [0.1, 0.15) is 6.92 Å². The van der Waals surface area contributed by atoms with Crippen molar-refractivity contribution in [1.29, 1.82) is 0 Å². The lowest BCUT2D eigenvalue weighted by Gasteiger charge is -2.30. The van der Waals surface area contributed by atoms with Crippen molar-refractivity contribution < 1.29 is 9.53 Å². The number of likely N-dealkylation sites (N-methyl/N-ethyl adjacent to an activating group) is 1. The van der Waals surface area contributed by atoms with Crippen LogP contribution in [0.15, 0.2) is 0 Å². The number of amides is 1. The van der Waals surface area contributed by atoms with Gasteiger partial charge in [0.25, 0.3) is 5.91 Å². The molecule has 4 heteroatoms. The van der Waals surface area contributed by atoms with E-state index in [-0.39, 0.29) is 18.1 Å². The molecule has 4 nitrogen and oxygen atoms in total. The van der Waals surface area contributed by atoms with E-state index in [1.165, 1.54) is 0 Å². The van der Waals surface area contributed by atoms with Crippen LogP contribution in [0.25, 0.3) is 0 Å². The van der Waals surface area contributed by atoms with Crippen LogP contribution in [-0.2, 0) is 9.53 Å². The minimum Gasteiger partial charge on any atom is -0.363 e. The first-order valence-electron chi connectivity index (χ1n) is 4.18. The third kappa shape index (κ3) is 2.19. The summed E-state index contributed by atoms with van der Waals surface area (Å²) in [5.74, 6) is 0.0295. The van der Waals surface area contributed by atoms with Gasteiger partial charge in [-0.15, -0.1) is 0 Å². The third-order valence-corrected chi connectivity index (χ3v) is 1.93. The van der Waals surface area contributed by atoms with E-state index in [9.17, 15) is 4.79 Å². The highest BCUT2D eigenvalue weighted by Gasteiger charge is 2.24. The Balaban J connectivity index is 2.26. The first-order chi connectivity index (χ1) is 5.61. The fourth-order valence-electron chi connectivity index (χ4n) is 1.07. The van der Waals surface area contributed by atoms with Crippen LogP contribution in [-0.4, -0.2) is 50.2 Å². The SMILES string of the molecule is CC(OC1CNC1)C(=O)N(C)C. The first kappa shape index (κ1) is 9.48. The second kappa shape index (κ2) is 3.87. The number of carbonyl (C=O) groups excluding carboxylic acids is 1. The van der Waals surface area contributed by atoms with E-state index in [0.717, 1.165) is 13.1 Å². The van der Waals surface area contributed by atoms with Gasteiger partial charge in [0, 0.05) is 27.2 Å². The second-order valence-electron chi connectivity index (χ2n) is 3.29. The molecule has 0 aromatic carbocycles. The Hall–Kier alpha value is -0.610. The van der Waals surface area contributed by atoms with Crippen molar-refractivity contribution in [2.24, 2.45) is 0 Å². The Labute approximate surface area is 72.9 Å². The number of rotatable bonds is 3. The van der Waals surface area contributed by atoms with Gasteiger partial charge in [-0.25, -0.2) is 0 Å². The standard InChI is InChI=1S/C8H16N2O2/c1-6(8(11)10(2)3)12-7-4-9-5-7/h6-7,9H,4-5H2,1-3H3. The van der Waals surface area contributed by atoms with Gasteiger partial charge in [0.05, 0.1) is 6.10 Å². The molecular weight excluding hydrogens is 156 g/mol. The third-order valence-electron chi connectivity index (χ3n) is 1.93. The predicted octanol–water partition coefficient (Wildman–Crippen LogP) is -0.548. The highest BCUT2D eigenvalue weighted by Crippen LogP contribution is 2.04. The molecule has 70 valence electrons. The van der Waals surface area contributed by atoms with Gasteiger partial charge in [-0.2, -0.15) is 0 Å². The van der Waals surface area contributed by atoms with Crippen molar-refractivity contribution >= 4 is 5.91 Å². The zero-order valence-electron chi connectivity index (χ0n) is 7.83. The minimum atomic E-state index is -0.313. The molecule has 1 unspecified atom stereocenters. The molecule has 1 saturated heterocycles. The molecule has 0 bridgehead atoms. The van der Waals surface area contributed by atoms with E-state index in [2.05, 4.69) is 5.32 Å². The first-order valence-corrected chi connectivity index (χ1v) is 4.18. The maximum absolute atomic E-state index is 11.3. The molecular formula is C8H16N2O2. The summed E-state index contributed by atoms with van der Waals surface area (Å²) >= 11 is 0. The van der Waals surface area contributed by atoms with Crippen molar-refractivity contribution in [3.8, 4) is 0 Å². The Morgan fingerprint density at radius 3 is 2.50 bits per heavy atom. The monoisotopic (exact) mass is 172 g/mol. The van der Waals surface area contributed by atoms with E-state index < -0.39 is 0 Å². The van der Waals surface area contributed by atoms with Crippen LogP contribution in [0.2, 0.25) is 0 Å². The lowest BCUT2D eigenvalue weighted by Crippen LogP contribution is -2.51. The number of hydrogen-bond donors (Lipinski definition) is 1. The fraction of sp³-hybridized carbons (Fsp3) is 0.875. The van der Waals surface area contributed by atoms with Crippen molar-refractivity contribution in [3.63, 3.8) is 0 Å². The molecule has 1 aliphatic heterocycles. The summed E-state index contributed by atoms with van der Waals surface area (Å²) in [6, 6.07) is 0. The minimum absolute atomic E-state index is 0.0295. The Kier molecular flexibility index (Phi) is 3.05. The van der Waals surface area contributed by atoms with Gasteiger partial charge in [-0.1, -0.05) is 0 Å². The summed E-state index contributed by atoms with van der Waals surface area (Å²) in [4.78, 5) is 12.9. The Morgan fingerprint density at radius 1 is 1.58 bits per heavy atom. The Bertz CT molecular complexity index is 166. The second-order valence-corrected chi connectivity index (χ2v) is 3.29. The van der Waals surface area contributed by atoms with Gasteiger partial charge in [0.15, 0.2) is 0 Å². The van der Waals surface area contributed by atoms with Crippen LogP contribution in [0, 0.1) is 0 Å². The maximum atomic E-state index is 11.3. The molecule has 0 saturated carbocycles. The lowest BCUT2D eigenvalue weighted by molar-refractivity contribution is -0.145. The van der Waals surface area contributed by atoms with Gasteiger partial charge < -0.3 is 15.0 Å². The lowest BCUT2D eigenvalue weighted by atomic mass is 10.2. The summed E-state index contributed by atoms with van der Waals surface area (Å²) < 4.78 is 5.46. The zero-order valence-corrected chi connectivity index (χ0v) is 7.83. The number of hydrogen-bond acceptors (Lipinski definition) is 3. The van der Waals surface area contributed by atoms with E-state index in [0.29, 0.717) is 0 Å². The van der Waals surface area contributed by atoms with Gasteiger partial charge >= 0.3 is 0 Å². The Morgan fingerprint density at radius 2 is 2.17 bits per heavy atom. The van der Waals surface area contributed by atoms with Gasteiger partial charge in [-0.05, 0) is 6.92 Å². The summed E-state index contributed by atoms with van der Waals surface area (Å²) in [6.45, 7) is 3.52. The van der Waals surface area contributed by atoms with Crippen LogP contribution < -0.4 is 5.32 Å². The normalized spacial score (nSPS) is 19.9. The quantitative estimate of drug-likeness (QED) is 0.621. The molecule has 12 heavy (non-hydrogen) atoms. The molecule has 0 radical (unpaired) electrons. The van der Waals surface area contributed by atoms with Crippen LogP contribution in [0.4, 0.5) is 0 Å². The van der Waals surface area contributed by atoms with E-state index in [1.807, 2.05) is 0 Å². The van der Waals surface area contributed by atoms with E-state index >= 15 is 0 Å². The average Bonchev–Trinajstić information content (AvgIpc) is 1.94. The fourth-order valence-corrected chi connectivity index (χ4v) is 1.07. The summed E-state index contributed by atoms with van der Waals surface area (Å²) in [5.41, 5.74) is 0. The molecule has 0 spiro atoms. The smallest absolute Gasteiger partial charge is 0.250 e. The van der Waals surface area contributed by atoms with E-state index in [4.69, 9.17) is 4.74 Å². The molecule has 1 rings (SSSR count). The van der Waals surface area contributed by atoms with E-state index in [1.54, 1.807) is 25.9 Å². The van der Waals surface area contributed by atoms with Crippen molar-refractivity contribution in [3.05, 3.63) is 0 Å². The van der Waals surface area contributed by atoms with Gasteiger partial charge in [0.1, 0.15) is 6.10 Å². The molecule has 1 N–H and O–H groups in total. The van der Waals surface area contributed by atoms with Gasteiger partial charge in [-0.3, -0.25) is 4.79 Å². The van der Waals surface area contributed by atoms with Crippen molar-refractivity contribution in [2.75, 3.05) is 27.2 Å². The molecule has 1 aliphatic rings. The van der Waals surface area contributed by atoms with Crippen molar-refractivity contribution in [2.45, 2.75) is 19.1 Å². The topological polar surface area (TPSA) is 41.6 Å². The van der Waals surface area contributed by atoms with Crippen LogP contribution in [0.5, 0.6) is 0 Å². The predicted molar refractivity (Wildman–Crippen MR) is 45.9 cm³/mol. The maximum Gasteiger partial charge on any atom is 0.250 e. The molecule has 0 aliphatic carbocycles. The van der Waals surface area contributed by atoms with Gasteiger partial charge in [0.2, 0.25) is 0 Å². The number of nitrogens with one attached hydrogen (secondary N) is 1. The number of carbonyl (C=O) groups is 1. The van der Waals surface area contributed by atoms with Crippen LogP contribution >= 0.6 is 0 Å². The molecule has 1 amide bonds. The molecule has 0 aromatic heterocycles. The average molecular weight is 172 g/mol. The molecule has 1 fully saturated rings. The summed E-state index contributed by atoms with van der Waals surface area (Å²) in [7, 11) is 3.47. The summed E-state index contributed by atoms with van der Waals surface area (Å²) in [5, 5.41) is 3.08. The highest BCUT2D eigenvalue weighted by molar-refractivity contribution is 5.79. The molecule has 1 atom stereocenters. The highest BCUT2D eigenvalue weighted by atomic mass is 16.5. The van der Waals surface area contributed by atoms with Crippen molar-refractivity contribution in [1.82, 2.24) is 10.2 Å². The largest absolute Gasteiger partial charge is 0.363 e. The number of ether oxygens (including phenoxy) is 1. The zero-order chi connectivity index (χ0) is 9.14.